The smallest absolute Gasteiger partial charge is 0.266 e. The SMILES string of the molecule is C=CC(=O)NCCCN(C)C(=O)C1CC(c2cnn(C)c2)=NO1. The Kier molecular flexibility index (Phi) is 5.51. The van der Waals surface area contributed by atoms with E-state index in [9.17, 15) is 9.59 Å². The third kappa shape index (κ3) is 4.41. The number of hydrogen-bond donors (Lipinski definition) is 1. The molecule has 1 aromatic rings. The van der Waals surface area contributed by atoms with Gasteiger partial charge in [-0.25, -0.2) is 0 Å². The molecule has 1 unspecified atom stereocenters. The zero-order valence-corrected chi connectivity index (χ0v) is 13.4. The lowest BCUT2D eigenvalue weighted by molar-refractivity contribution is -0.140. The van der Waals surface area contributed by atoms with Crippen molar-refractivity contribution in [3.8, 4) is 0 Å². The Balaban J connectivity index is 1.76. The third-order valence-electron chi connectivity index (χ3n) is 3.51. The Morgan fingerprint density at radius 3 is 3.04 bits per heavy atom. The number of carbonyl (C=O) groups is 2. The molecule has 124 valence electrons. The topological polar surface area (TPSA) is 88.8 Å². The molecule has 0 fully saturated rings. The molecule has 8 heteroatoms. The van der Waals surface area contributed by atoms with Gasteiger partial charge in [-0.15, -0.1) is 0 Å². The van der Waals surface area contributed by atoms with Gasteiger partial charge < -0.3 is 15.1 Å². The van der Waals surface area contributed by atoms with Crippen LogP contribution in [0.15, 0.2) is 30.2 Å². The van der Waals surface area contributed by atoms with Crippen molar-refractivity contribution >= 4 is 17.5 Å². The van der Waals surface area contributed by atoms with Gasteiger partial charge in [-0.2, -0.15) is 5.10 Å². The summed E-state index contributed by atoms with van der Waals surface area (Å²) in [5.41, 5.74) is 1.58. The fourth-order valence-electron chi connectivity index (χ4n) is 2.21. The van der Waals surface area contributed by atoms with Crippen LogP contribution in [0.5, 0.6) is 0 Å². The number of aromatic nitrogens is 2. The van der Waals surface area contributed by atoms with Gasteiger partial charge in [0.05, 0.1) is 11.9 Å². The van der Waals surface area contributed by atoms with Crippen molar-refractivity contribution in [2.75, 3.05) is 20.1 Å². The summed E-state index contributed by atoms with van der Waals surface area (Å²) in [5, 5.41) is 10.7. The summed E-state index contributed by atoms with van der Waals surface area (Å²) in [4.78, 5) is 30.2. The van der Waals surface area contributed by atoms with Crippen molar-refractivity contribution in [3.63, 3.8) is 0 Å². The standard InChI is InChI=1S/C15H21N5O3/c1-4-14(21)16-6-5-7-19(2)15(22)13-8-12(18-23-13)11-9-17-20(3)10-11/h4,9-10,13H,1,5-8H2,2-3H3,(H,16,21). The molecule has 0 radical (unpaired) electrons. The van der Waals surface area contributed by atoms with Gasteiger partial charge in [0.15, 0.2) is 0 Å². The molecule has 0 aliphatic carbocycles. The van der Waals surface area contributed by atoms with Crippen LogP contribution in [0.1, 0.15) is 18.4 Å². The molecule has 23 heavy (non-hydrogen) atoms. The lowest BCUT2D eigenvalue weighted by Gasteiger charge is -2.19. The minimum atomic E-state index is -0.599. The minimum absolute atomic E-state index is 0.123. The highest BCUT2D eigenvalue weighted by molar-refractivity contribution is 6.03. The normalized spacial score (nSPS) is 16.4. The molecule has 1 atom stereocenters. The summed E-state index contributed by atoms with van der Waals surface area (Å²) in [6.07, 6.45) is 5.24. The van der Waals surface area contributed by atoms with Crippen LogP contribution in [0.3, 0.4) is 0 Å². The quantitative estimate of drug-likeness (QED) is 0.569. The Bertz CT molecular complexity index is 622. The average molecular weight is 319 g/mol. The first-order chi connectivity index (χ1) is 11.0. The molecule has 0 saturated heterocycles. The van der Waals surface area contributed by atoms with Gasteiger partial charge in [-0.1, -0.05) is 11.7 Å². The van der Waals surface area contributed by atoms with Crippen LogP contribution in [0, 0.1) is 0 Å². The molecule has 2 amide bonds. The number of oxime groups is 1. The molecule has 0 saturated carbocycles. The highest BCUT2D eigenvalue weighted by Crippen LogP contribution is 2.17. The van der Waals surface area contributed by atoms with Crippen molar-refractivity contribution in [3.05, 3.63) is 30.6 Å². The highest BCUT2D eigenvalue weighted by atomic mass is 16.6. The van der Waals surface area contributed by atoms with Crippen LogP contribution >= 0.6 is 0 Å². The number of nitrogens with one attached hydrogen (secondary N) is 1. The number of amides is 2. The molecular formula is C15H21N5O3. The molecule has 2 heterocycles. The fourth-order valence-corrected chi connectivity index (χ4v) is 2.21. The van der Waals surface area contributed by atoms with Gasteiger partial charge in [-0.05, 0) is 12.5 Å². The summed E-state index contributed by atoms with van der Waals surface area (Å²) in [5.74, 6) is -0.338. The summed E-state index contributed by atoms with van der Waals surface area (Å²) in [6, 6.07) is 0. The summed E-state index contributed by atoms with van der Waals surface area (Å²) in [6.45, 7) is 4.39. The summed E-state index contributed by atoms with van der Waals surface area (Å²) >= 11 is 0. The second kappa shape index (κ2) is 7.57. The van der Waals surface area contributed by atoms with Crippen LogP contribution in [-0.2, 0) is 21.5 Å². The van der Waals surface area contributed by atoms with E-state index in [2.05, 4.69) is 22.2 Å². The van der Waals surface area contributed by atoms with Crippen LogP contribution in [0.25, 0.3) is 0 Å². The zero-order valence-electron chi connectivity index (χ0n) is 13.4. The maximum atomic E-state index is 12.3. The van der Waals surface area contributed by atoms with Crippen molar-refractivity contribution in [2.24, 2.45) is 12.2 Å². The Morgan fingerprint density at radius 1 is 1.61 bits per heavy atom. The Hall–Kier alpha value is -2.64. The molecule has 1 N–H and O–H groups in total. The zero-order chi connectivity index (χ0) is 16.8. The molecule has 2 rings (SSSR count). The van der Waals surface area contributed by atoms with E-state index in [1.807, 2.05) is 13.2 Å². The molecule has 1 aliphatic rings. The van der Waals surface area contributed by atoms with E-state index in [1.54, 1.807) is 22.8 Å². The lowest BCUT2D eigenvalue weighted by Crippen LogP contribution is -2.38. The number of likely N-dealkylation sites (N-methyl/N-ethyl adjacent to an activating group) is 1. The van der Waals surface area contributed by atoms with Crippen molar-refractivity contribution in [1.82, 2.24) is 20.0 Å². The summed E-state index contributed by atoms with van der Waals surface area (Å²) < 4.78 is 1.68. The molecule has 1 aliphatic heterocycles. The number of rotatable bonds is 7. The first kappa shape index (κ1) is 16.7. The van der Waals surface area contributed by atoms with Crippen molar-refractivity contribution < 1.29 is 14.4 Å². The van der Waals surface area contributed by atoms with Gasteiger partial charge in [0, 0.05) is 45.4 Å². The van der Waals surface area contributed by atoms with E-state index in [4.69, 9.17) is 4.84 Å². The molecule has 1 aromatic heterocycles. The number of nitrogens with zero attached hydrogens (tertiary/aromatic N) is 4. The predicted molar refractivity (Wildman–Crippen MR) is 84.7 cm³/mol. The lowest BCUT2D eigenvalue weighted by atomic mass is 10.1. The van der Waals surface area contributed by atoms with Gasteiger partial charge in [0.2, 0.25) is 12.0 Å². The van der Waals surface area contributed by atoms with Crippen LogP contribution < -0.4 is 5.32 Å². The molecule has 0 bridgehead atoms. The predicted octanol–water partition coefficient (Wildman–Crippen LogP) is 0.0638. The van der Waals surface area contributed by atoms with Gasteiger partial charge in [-0.3, -0.25) is 14.3 Å². The second-order valence-electron chi connectivity index (χ2n) is 5.35. The number of carbonyl (C=O) groups excluding carboxylic acids is 2. The maximum Gasteiger partial charge on any atom is 0.266 e. The second-order valence-corrected chi connectivity index (χ2v) is 5.35. The van der Waals surface area contributed by atoms with Gasteiger partial charge >= 0.3 is 0 Å². The third-order valence-corrected chi connectivity index (χ3v) is 3.51. The molecule has 0 aromatic carbocycles. The Labute approximate surface area is 134 Å². The first-order valence-electron chi connectivity index (χ1n) is 7.38. The van der Waals surface area contributed by atoms with Crippen LogP contribution in [-0.4, -0.2) is 58.4 Å². The first-order valence-corrected chi connectivity index (χ1v) is 7.38. The summed E-state index contributed by atoms with van der Waals surface area (Å²) in [7, 11) is 3.53. The minimum Gasteiger partial charge on any atom is -0.382 e. The number of hydrogen-bond acceptors (Lipinski definition) is 5. The highest BCUT2D eigenvalue weighted by Gasteiger charge is 2.31. The number of aryl methyl sites for hydroxylation is 1. The largest absolute Gasteiger partial charge is 0.382 e. The van der Waals surface area contributed by atoms with E-state index in [-0.39, 0.29) is 11.8 Å². The molecule has 8 nitrogen and oxygen atoms in total. The van der Waals surface area contributed by atoms with Crippen LogP contribution in [0.2, 0.25) is 0 Å². The maximum absolute atomic E-state index is 12.3. The molecular weight excluding hydrogens is 298 g/mol. The van der Waals surface area contributed by atoms with Gasteiger partial charge in [0.25, 0.3) is 5.91 Å². The van der Waals surface area contributed by atoms with E-state index >= 15 is 0 Å². The van der Waals surface area contributed by atoms with E-state index in [1.165, 1.54) is 6.08 Å². The Morgan fingerprint density at radius 2 is 2.39 bits per heavy atom. The van der Waals surface area contributed by atoms with Crippen molar-refractivity contribution in [1.29, 1.82) is 0 Å². The van der Waals surface area contributed by atoms with E-state index in [0.717, 1.165) is 11.3 Å². The monoisotopic (exact) mass is 319 g/mol. The van der Waals surface area contributed by atoms with E-state index in [0.29, 0.717) is 25.9 Å². The van der Waals surface area contributed by atoms with Crippen LogP contribution in [0.4, 0.5) is 0 Å². The van der Waals surface area contributed by atoms with E-state index < -0.39 is 6.10 Å². The average Bonchev–Trinajstić information content (AvgIpc) is 3.19. The molecule has 0 spiro atoms. The van der Waals surface area contributed by atoms with Crippen molar-refractivity contribution in [2.45, 2.75) is 18.9 Å². The fraction of sp³-hybridized carbons (Fsp3) is 0.467. The van der Waals surface area contributed by atoms with Gasteiger partial charge in [0.1, 0.15) is 0 Å².